The summed E-state index contributed by atoms with van der Waals surface area (Å²) < 4.78 is 0. The highest BCUT2D eigenvalue weighted by atomic mass is 35.5. The highest BCUT2D eigenvalue weighted by Crippen LogP contribution is 2.18. The topological polar surface area (TPSA) is 12.0 Å². The maximum atomic E-state index is 5.90. The molecular formula is C12H16Cl3NS. The second-order valence-corrected chi connectivity index (χ2v) is 5.34. The minimum absolute atomic E-state index is 0. The van der Waals surface area contributed by atoms with Crippen LogP contribution in [0, 0.1) is 0 Å². The molecule has 0 aromatic heterocycles. The SMILES string of the molecule is C=CCSCCNCc1cc(Cl)cc(Cl)c1.Cl. The Kier molecular flexibility index (Phi) is 10.2. The zero-order chi connectivity index (χ0) is 11.8. The Morgan fingerprint density at radius 1 is 1.24 bits per heavy atom. The van der Waals surface area contributed by atoms with E-state index in [-0.39, 0.29) is 12.4 Å². The molecule has 1 aromatic carbocycles. The molecule has 0 atom stereocenters. The van der Waals surface area contributed by atoms with Crippen molar-refractivity contribution in [1.29, 1.82) is 0 Å². The van der Waals surface area contributed by atoms with E-state index in [1.165, 1.54) is 0 Å². The zero-order valence-electron chi connectivity index (χ0n) is 9.42. The highest BCUT2D eigenvalue weighted by Gasteiger charge is 1.97. The molecule has 1 aromatic rings. The van der Waals surface area contributed by atoms with Gasteiger partial charge in [0.1, 0.15) is 0 Å². The van der Waals surface area contributed by atoms with Gasteiger partial charge in [0.15, 0.2) is 0 Å². The van der Waals surface area contributed by atoms with Crippen molar-refractivity contribution in [2.75, 3.05) is 18.1 Å². The molecule has 1 N–H and O–H groups in total. The monoisotopic (exact) mass is 311 g/mol. The van der Waals surface area contributed by atoms with Crippen LogP contribution in [-0.4, -0.2) is 18.1 Å². The lowest BCUT2D eigenvalue weighted by Crippen LogP contribution is -2.16. The van der Waals surface area contributed by atoms with Crippen LogP contribution in [0.25, 0.3) is 0 Å². The van der Waals surface area contributed by atoms with Crippen LogP contribution >= 0.6 is 47.4 Å². The molecule has 1 nitrogen and oxygen atoms in total. The molecule has 0 aliphatic rings. The first-order valence-corrected chi connectivity index (χ1v) is 6.98. The summed E-state index contributed by atoms with van der Waals surface area (Å²) in [5, 5.41) is 4.71. The summed E-state index contributed by atoms with van der Waals surface area (Å²) in [5.41, 5.74) is 1.12. The largest absolute Gasteiger partial charge is 0.312 e. The van der Waals surface area contributed by atoms with Crippen LogP contribution in [0.4, 0.5) is 0 Å². The smallest absolute Gasteiger partial charge is 0.0424 e. The van der Waals surface area contributed by atoms with Crippen LogP contribution in [-0.2, 0) is 6.54 Å². The first kappa shape index (κ1) is 17.1. The fourth-order valence-corrected chi connectivity index (χ4v) is 2.45. The summed E-state index contributed by atoms with van der Waals surface area (Å²) in [6.07, 6.45) is 1.92. The average molecular weight is 313 g/mol. The van der Waals surface area contributed by atoms with Gasteiger partial charge in [-0.3, -0.25) is 0 Å². The number of thioether (sulfide) groups is 1. The van der Waals surface area contributed by atoms with Crippen LogP contribution < -0.4 is 5.32 Å². The van der Waals surface area contributed by atoms with Gasteiger partial charge < -0.3 is 5.32 Å². The molecular weight excluding hydrogens is 297 g/mol. The molecule has 96 valence electrons. The predicted octanol–water partition coefficient (Wildman–Crippen LogP) is 4.42. The Morgan fingerprint density at radius 3 is 2.47 bits per heavy atom. The molecule has 0 heterocycles. The molecule has 0 aliphatic carbocycles. The second-order valence-electron chi connectivity index (χ2n) is 3.32. The Hall–Kier alpha value is 0.140. The molecule has 0 fully saturated rings. The van der Waals surface area contributed by atoms with Crippen molar-refractivity contribution >= 4 is 47.4 Å². The summed E-state index contributed by atoms with van der Waals surface area (Å²) in [6.45, 7) is 5.45. The number of hydrogen-bond acceptors (Lipinski definition) is 2. The standard InChI is InChI=1S/C12H15Cl2NS.ClH/c1-2-4-16-5-3-15-9-10-6-11(13)8-12(14)7-10;/h2,6-8,15H,1,3-5,9H2;1H. The highest BCUT2D eigenvalue weighted by molar-refractivity contribution is 7.99. The molecule has 0 spiro atoms. The summed E-state index contributed by atoms with van der Waals surface area (Å²) in [5.74, 6) is 2.09. The second kappa shape index (κ2) is 10.1. The van der Waals surface area contributed by atoms with E-state index in [0.29, 0.717) is 10.0 Å². The van der Waals surface area contributed by atoms with Gasteiger partial charge in [0.2, 0.25) is 0 Å². The van der Waals surface area contributed by atoms with E-state index >= 15 is 0 Å². The molecule has 1 rings (SSSR count). The lowest BCUT2D eigenvalue weighted by Gasteiger charge is -2.05. The third-order valence-corrected chi connectivity index (χ3v) is 3.31. The number of rotatable bonds is 7. The molecule has 0 amide bonds. The van der Waals surface area contributed by atoms with Crippen molar-refractivity contribution in [2.45, 2.75) is 6.54 Å². The van der Waals surface area contributed by atoms with Gasteiger partial charge in [-0.25, -0.2) is 0 Å². The molecule has 0 aliphatic heterocycles. The molecule has 0 saturated heterocycles. The van der Waals surface area contributed by atoms with E-state index in [0.717, 1.165) is 30.2 Å². The van der Waals surface area contributed by atoms with Gasteiger partial charge in [-0.05, 0) is 23.8 Å². The molecule has 0 unspecified atom stereocenters. The van der Waals surface area contributed by atoms with Gasteiger partial charge >= 0.3 is 0 Å². The summed E-state index contributed by atoms with van der Waals surface area (Å²) in [6, 6.07) is 5.60. The Bertz CT molecular complexity index is 324. The first-order chi connectivity index (χ1) is 7.72. The molecule has 0 bridgehead atoms. The van der Waals surface area contributed by atoms with Gasteiger partial charge in [-0.15, -0.1) is 19.0 Å². The maximum absolute atomic E-state index is 5.90. The van der Waals surface area contributed by atoms with Crippen LogP contribution in [0.15, 0.2) is 30.9 Å². The average Bonchev–Trinajstić information content (AvgIpc) is 2.22. The fraction of sp³-hybridized carbons (Fsp3) is 0.333. The van der Waals surface area contributed by atoms with Crippen LogP contribution in [0.3, 0.4) is 0 Å². The lowest BCUT2D eigenvalue weighted by atomic mass is 10.2. The van der Waals surface area contributed by atoms with Crippen molar-refractivity contribution in [3.05, 3.63) is 46.5 Å². The quantitative estimate of drug-likeness (QED) is 0.590. The summed E-state index contributed by atoms with van der Waals surface area (Å²) in [7, 11) is 0. The molecule has 5 heteroatoms. The summed E-state index contributed by atoms with van der Waals surface area (Å²) in [4.78, 5) is 0. The third-order valence-electron chi connectivity index (χ3n) is 1.91. The minimum atomic E-state index is 0. The van der Waals surface area contributed by atoms with E-state index in [1.807, 2.05) is 30.0 Å². The molecule has 0 saturated carbocycles. The zero-order valence-corrected chi connectivity index (χ0v) is 12.6. The molecule has 0 radical (unpaired) electrons. The lowest BCUT2D eigenvalue weighted by molar-refractivity contribution is 0.732. The first-order valence-electron chi connectivity index (χ1n) is 5.06. The fourth-order valence-electron chi connectivity index (χ4n) is 1.26. The van der Waals surface area contributed by atoms with E-state index in [1.54, 1.807) is 6.07 Å². The van der Waals surface area contributed by atoms with Crippen LogP contribution in [0.2, 0.25) is 10.0 Å². The number of halogens is 3. The Morgan fingerprint density at radius 2 is 1.88 bits per heavy atom. The third kappa shape index (κ3) is 7.96. The van der Waals surface area contributed by atoms with Crippen LogP contribution in [0.1, 0.15) is 5.56 Å². The van der Waals surface area contributed by atoms with E-state index < -0.39 is 0 Å². The Balaban J connectivity index is 0.00000256. The van der Waals surface area contributed by atoms with Gasteiger partial charge in [0, 0.05) is 34.6 Å². The van der Waals surface area contributed by atoms with Gasteiger partial charge in [-0.2, -0.15) is 11.8 Å². The van der Waals surface area contributed by atoms with Crippen LogP contribution in [0.5, 0.6) is 0 Å². The van der Waals surface area contributed by atoms with Crippen molar-refractivity contribution in [3.63, 3.8) is 0 Å². The maximum Gasteiger partial charge on any atom is 0.0424 e. The predicted molar refractivity (Wildman–Crippen MR) is 82.9 cm³/mol. The normalized spacial score (nSPS) is 9.76. The van der Waals surface area contributed by atoms with Crippen molar-refractivity contribution < 1.29 is 0 Å². The summed E-state index contributed by atoms with van der Waals surface area (Å²) >= 11 is 13.7. The van der Waals surface area contributed by atoms with E-state index in [9.17, 15) is 0 Å². The van der Waals surface area contributed by atoms with Crippen molar-refractivity contribution in [2.24, 2.45) is 0 Å². The number of hydrogen-bond donors (Lipinski definition) is 1. The minimum Gasteiger partial charge on any atom is -0.312 e. The van der Waals surface area contributed by atoms with E-state index in [2.05, 4.69) is 11.9 Å². The van der Waals surface area contributed by atoms with E-state index in [4.69, 9.17) is 23.2 Å². The van der Waals surface area contributed by atoms with Crippen molar-refractivity contribution in [1.82, 2.24) is 5.32 Å². The number of nitrogens with one attached hydrogen (secondary N) is 1. The Labute approximate surface area is 123 Å². The van der Waals surface area contributed by atoms with Gasteiger partial charge in [0.25, 0.3) is 0 Å². The number of benzene rings is 1. The molecule has 17 heavy (non-hydrogen) atoms. The van der Waals surface area contributed by atoms with Gasteiger partial charge in [-0.1, -0.05) is 29.3 Å². The van der Waals surface area contributed by atoms with Crippen molar-refractivity contribution in [3.8, 4) is 0 Å². The van der Waals surface area contributed by atoms with Gasteiger partial charge in [0.05, 0.1) is 0 Å².